The first kappa shape index (κ1) is 15.8. The number of sulfonamides is 1. The predicted octanol–water partition coefficient (Wildman–Crippen LogP) is 0.903. The van der Waals surface area contributed by atoms with E-state index in [2.05, 4.69) is 5.32 Å². The molecule has 0 radical (unpaired) electrons. The van der Waals surface area contributed by atoms with E-state index in [9.17, 15) is 13.2 Å². The van der Waals surface area contributed by atoms with Gasteiger partial charge in [-0.3, -0.25) is 4.79 Å². The molecule has 1 aliphatic rings. The van der Waals surface area contributed by atoms with Crippen LogP contribution >= 0.6 is 0 Å². The Balaban J connectivity index is 2.03. The molecule has 0 heterocycles. The molecule has 1 aliphatic carbocycles. The minimum absolute atomic E-state index is 0.0584. The number of hydrogen-bond acceptors (Lipinski definition) is 4. The highest BCUT2D eigenvalue weighted by Crippen LogP contribution is 2.23. The summed E-state index contributed by atoms with van der Waals surface area (Å²) in [5, 5.41) is 2.83. The third-order valence-corrected chi connectivity index (χ3v) is 5.04. The Bertz CT molecular complexity index is 636. The van der Waals surface area contributed by atoms with Gasteiger partial charge in [0, 0.05) is 20.1 Å². The van der Waals surface area contributed by atoms with Crippen LogP contribution < -0.4 is 10.1 Å². The van der Waals surface area contributed by atoms with Gasteiger partial charge in [-0.25, -0.2) is 12.7 Å². The Hall–Kier alpha value is -1.60. The van der Waals surface area contributed by atoms with Crippen LogP contribution in [-0.4, -0.2) is 45.4 Å². The molecule has 0 aliphatic heterocycles. The standard InChI is InChI=1S/C14H20N2O4S/c1-10-8-12(21(18,19)16(2)3)6-7-13(10)20-9-14(17)15-11-4-5-11/h6-8,11H,4-5,9H2,1-3H3,(H,15,17). The SMILES string of the molecule is Cc1cc(S(=O)(=O)N(C)C)ccc1OCC(=O)NC1CC1. The summed E-state index contributed by atoms with van der Waals surface area (Å²) < 4.78 is 30.6. The Morgan fingerprint density at radius 1 is 1.38 bits per heavy atom. The molecule has 21 heavy (non-hydrogen) atoms. The van der Waals surface area contributed by atoms with Gasteiger partial charge in [-0.05, 0) is 43.5 Å². The first-order chi connectivity index (χ1) is 9.80. The molecule has 1 saturated carbocycles. The van der Waals surface area contributed by atoms with E-state index in [4.69, 9.17) is 4.74 Å². The lowest BCUT2D eigenvalue weighted by Crippen LogP contribution is -2.30. The maximum atomic E-state index is 12.0. The van der Waals surface area contributed by atoms with Crippen LogP contribution in [0.25, 0.3) is 0 Å². The van der Waals surface area contributed by atoms with Gasteiger partial charge in [-0.1, -0.05) is 0 Å². The van der Waals surface area contributed by atoms with E-state index < -0.39 is 10.0 Å². The van der Waals surface area contributed by atoms with E-state index in [1.807, 2.05) is 0 Å². The van der Waals surface area contributed by atoms with E-state index in [-0.39, 0.29) is 17.4 Å². The summed E-state index contributed by atoms with van der Waals surface area (Å²) in [5.41, 5.74) is 0.678. The predicted molar refractivity (Wildman–Crippen MR) is 78.7 cm³/mol. The molecule has 1 aromatic carbocycles. The number of benzene rings is 1. The van der Waals surface area contributed by atoms with Crippen LogP contribution in [0.4, 0.5) is 0 Å². The largest absolute Gasteiger partial charge is 0.484 e. The average molecular weight is 312 g/mol. The van der Waals surface area contributed by atoms with Crippen LogP contribution in [0.3, 0.4) is 0 Å². The summed E-state index contributed by atoms with van der Waals surface area (Å²) in [7, 11) is -0.490. The Morgan fingerprint density at radius 2 is 2.05 bits per heavy atom. The molecule has 0 atom stereocenters. The van der Waals surface area contributed by atoms with Crippen LogP contribution in [0.2, 0.25) is 0 Å². The lowest BCUT2D eigenvalue weighted by atomic mass is 10.2. The molecule has 1 aromatic rings. The summed E-state index contributed by atoms with van der Waals surface area (Å²) in [5.74, 6) is 0.362. The second-order valence-electron chi connectivity index (χ2n) is 5.35. The molecule has 1 N–H and O–H groups in total. The lowest BCUT2D eigenvalue weighted by molar-refractivity contribution is -0.123. The van der Waals surface area contributed by atoms with Gasteiger partial charge in [-0.2, -0.15) is 0 Å². The molecule has 0 saturated heterocycles. The highest BCUT2D eigenvalue weighted by molar-refractivity contribution is 7.89. The molecule has 0 spiro atoms. The molecule has 0 aromatic heterocycles. The van der Waals surface area contributed by atoms with Crippen LogP contribution in [0.15, 0.2) is 23.1 Å². The number of amides is 1. The monoisotopic (exact) mass is 312 g/mol. The topological polar surface area (TPSA) is 75.7 Å². The molecular formula is C14H20N2O4S. The van der Waals surface area contributed by atoms with Crippen molar-refractivity contribution in [1.29, 1.82) is 0 Å². The van der Waals surface area contributed by atoms with Crippen molar-refractivity contribution in [3.8, 4) is 5.75 Å². The number of carbonyl (C=O) groups is 1. The van der Waals surface area contributed by atoms with Gasteiger partial charge in [0.25, 0.3) is 5.91 Å². The van der Waals surface area contributed by atoms with E-state index >= 15 is 0 Å². The zero-order valence-electron chi connectivity index (χ0n) is 12.4. The third kappa shape index (κ3) is 3.95. The maximum absolute atomic E-state index is 12.0. The second-order valence-corrected chi connectivity index (χ2v) is 7.50. The Kier molecular flexibility index (Phi) is 4.53. The zero-order valence-corrected chi connectivity index (χ0v) is 13.2. The average Bonchev–Trinajstić information content (AvgIpc) is 3.20. The van der Waals surface area contributed by atoms with Crippen molar-refractivity contribution in [2.75, 3.05) is 20.7 Å². The number of aryl methyl sites for hydroxylation is 1. The fourth-order valence-electron chi connectivity index (χ4n) is 1.80. The molecule has 6 nitrogen and oxygen atoms in total. The molecule has 116 valence electrons. The number of nitrogens with one attached hydrogen (secondary N) is 1. The van der Waals surface area contributed by atoms with Crippen molar-refractivity contribution in [2.24, 2.45) is 0 Å². The van der Waals surface area contributed by atoms with Crippen LogP contribution in [-0.2, 0) is 14.8 Å². The number of ether oxygens (including phenoxy) is 1. The van der Waals surface area contributed by atoms with Crippen molar-refractivity contribution in [1.82, 2.24) is 9.62 Å². The summed E-state index contributed by atoms with van der Waals surface area (Å²) in [4.78, 5) is 11.8. The van der Waals surface area contributed by atoms with Gasteiger partial charge in [-0.15, -0.1) is 0 Å². The fourth-order valence-corrected chi connectivity index (χ4v) is 2.78. The Labute approximate surface area is 125 Å². The summed E-state index contributed by atoms with van der Waals surface area (Å²) in [6, 6.07) is 4.91. The third-order valence-electron chi connectivity index (χ3n) is 3.23. The van der Waals surface area contributed by atoms with E-state index in [1.54, 1.807) is 19.1 Å². The van der Waals surface area contributed by atoms with Crippen molar-refractivity contribution in [3.63, 3.8) is 0 Å². The van der Waals surface area contributed by atoms with Gasteiger partial charge < -0.3 is 10.1 Å². The van der Waals surface area contributed by atoms with Crippen molar-refractivity contribution in [2.45, 2.75) is 30.7 Å². The summed E-state index contributed by atoms with van der Waals surface area (Å²) in [6.07, 6.45) is 2.06. The van der Waals surface area contributed by atoms with E-state index in [0.29, 0.717) is 17.4 Å². The number of hydrogen-bond donors (Lipinski definition) is 1. The van der Waals surface area contributed by atoms with Crippen molar-refractivity contribution < 1.29 is 17.9 Å². The van der Waals surface area contributed by atoms with Crippen LogP contribution in [0, 0.1) is 6.92 Å². The molecule has 0 bridgehead atoms. The van der Waals surface area contributed by atoms with E-state index in [0.717, 1.165) is 17.1 Å². The van der Waals surface area contributed by atoms with Gasteiger partial charge in [0.15, 0.2) is 6.61 Å². The van der Waals surface area contributed by atoms with Gasteiger partial charge in [0.05, 0.1) is 4.90 Å². The fraction of sp³-hybridized carbons (Fsp3) is 0.500. The molecule has 7 heteroatoms. The van der Waals surface area contributed by atoms with Crippen LogP contribution in [0.1, 0.15) is 18.4 Å². The minimum atomic E-state index is -3.46. The first-order valence-corrected chi connectivity index (χ1v) is 8.20. The van der Waals surface area contributed by atoms with Crippen molar-refractivity contribution in [3.05, 3.63) is 23.8 Å². The Morgan fingerprint density at radius 3 is 2.57 bits per heavy atom. The summed E-state index contributed by atoms with van der Waals surface area (Å²) >= 11 is 0. The smallest absolute Gasteiger partial charge is 0.258 e. The molecule has 0 unspecified atom stereocenters. The highest BCUT2D eigenvalue weighted by atomic mass is 32.2. The number of rotatable bonds is 6. The van der Waals surface area contributed by atoms with E-state index in [1.165, 1.54) is 20.2 Å². The van der Waals surface area contributed by atoms with Gasteiger partial charge in [0.1, 0.15) is 5.75 Å². The molecular weight excluding hydrogens is 292 g/mol. The zero-order chi connectivity index (χ0) is 15.6. The molecule has 1 fully saturated rings. The number of carbonyl (C=O) groups excluding carboxylic acids is 1. The van der Waals surface area contributed by atoms with Crippen LogP contribution in [0.5, 0.6) is 5.75 Å². The molecule has 1 amide bonds. The second kappa shape index (κ2) is 6.03. The number of nitrogens with zero attached hydrogens (tertiary/aromatic N) is 1. The first-order valence-electron chi connectivity index (χ1n) is 6.76. The normalized spacial score (nSPS) is 15.0. The minimum Gasteiger partial charge on any atom is -0.484 e. The van der Waals surface area contributed by atoms with Crippen molar-refractivity contribution >= 4 is 15.9 Å². The van der Waals surface area contributed by atoms with Gasteiger partial charge >= 0.3 is 0 Å². The summed E-state index contributed by atoms with van der Waals surface area (Å²) in [6.45, 7) is 1.69. The maximum Gasteiger partial charge on any atom is 0.258 e. The lowest BCUT2D eigenvalue weighted by Gasteiger charge is -2.14. The molecule has 2 rings (SSSR count). The highest BCUT2D eigenvalue weighted by Gasteiger charge is 2.23. The van der Waals surface area contributed by atoms with Gasteiger partial charge in [0.2, 0.25) is 10.0 Å². The quantitative estimate of drug-likeness (QED) is 0.847.